The molecule has 1 unspecified atom stereocenters. The van der Waals surface area contributed by atoms with E-state index >= 15 is 0 Å². The average Bonchev–Trinajstić information content (AvgIpc) is 2.31. The number of methoxy groups -OCH3 is 1. The third-order valence-electron chi connectivity index (χ3n) is 2.76. The average molecular weight is 235 g/mol. The van der Waals surface area contributed by atoms with Gasteiger partial charge in [0.15, 0.2) is 5.82 Å². The molecule has 17 heavy (non-hydrogen) atoms. The molecule has 5 nitrogen and oxygen atoms in total. The molecule has 0 spiro atoms. The number of pyridine rings is 1. The lowest BCUT2D eigenvalue weighted by atomic mass is 10.1. The van der Waals surface area contributed by atoms with Crippen molar-refractivity contribution in [3.63, 3.8) is 0 Å². The van der Waals surface area contributed by atoms with Gasteiger partial charge in [0.2, 0.25) is 5.91 Å². The van der Waals surface area contributed by atoms with Crippen molar-refractivity contribution in [1.29, 1.82) is 0 Å². The van der Waals surface area contributed by atoms with E-state index in [9.17, 15) is 4.79 Å². The number of amides is 1. The first-order chi connectivity index (χ1) is 8.20. The first-order valence-electron chi connectivity index (χ1n) is 5.74. The second-order valence-corrected chi connectivity index (χ2v) is 4.17. The maximum atomic E-state index is 11.8. The fourth-order valence-electron chi connectivity index (χ4n) is 1.85. The molecule has 0 aromatic carbocycles. The molecule has 1 amide bonds. The minimum Gasteiger partial charge on any atom is -0.385 e. The minimum absolute atomic E-state index is 0.000689. The minimum atomic E-state index is -0.216. The number of aromatic nitrogens is 1. The van der Waals surface area contributed by atoms with Gasteiger partial charge in [-0.15, -0.1) is 0 Å². The number of carbonyl (C=O) groups excluding carboxylic acids is 1. The Morgan fingerprint density at radius 2 is 2.29 bits per heavy atom. The third kappa shape index (κ3) is 2.74. The molecule has 2 rings (SSSR count). The van der Waals surface area contributed by atoms with Crippen LogP contribution in [0.3, 0.4) is 0 Å². The van der Waals surface area contributed by atoms with E-state index < -0.39 is 0 Å². The number of aryl methyl sites for hydroxylation is 1. The largest absolute Gasteiger partial charge is 0.385 e. The van der Waals surface area contributed by atoms with Gasteiger partial charge in [0, 0.05) is 19.4 Å². The second kappa shape index (κ2) is 5.14. The van der Waals surface area contributed by atoms with Crippen LogP contribution >= 0.6 is 0 Å². The van der Waals surface area contributed by atoms with Crippen LogP contribution in [0.2, 0.25) is 0 Å². The highest BCUT2D eigenvalue weighted by Crippen LogP contribution is 2.25. The summed E-state index contributed by atoms with van der Waals surface area (Å²) in [6.45, 7) is 2.60. The van der Waals surface area contributed by atoms with Gasteiger partial charge in [0.25, 0.3) is 0 Å². The number of hydrogen-bond donors (Lipinski definition) is 2. The Labute approximate surface area is 101 Å². The number of fused-ring (bicyclic) bond motifs is 1. The fourth-order valence-corrected chi connectivity index (χ4v) is 1.85. The van der Waals surface area contributed by atoms with E-state index in [0.717, 1.165) is 30.0 Å². The second-order valence-electron chi connectivity index (χ2n) is 4.17. The highest BCUT2D eigenvalue weighted by Gasteiger charge is 2.25. The summed E-state index contributed by atoms with van der Waals surface area (Å²) in [5, 5.41) is 6.03. The summed E-state index contributed by atoms with van der Waals surface area (Å²) in [5.41, 5.74) is 1.69. The van der Waals surface area contributed by atoms with Crippen molar-refractivity contribution in [3.05, 3.63) is 17.8 Å². The van der Waals surface area contributed by atoms with Crippen LogP contribution in [0.5, 0.6) is 0 Å². The summed E-state index contributed by atoms with van der Waals surface area (Å²) in [7, 11) is 1.66. The molecular weight excluding hydrogens is 218 g/mol. The predicted octanol–water partition coefficient (Wildman–Crippen LogP) is 1.55. The molecule has 0 saturated carbocycles. The van der Waals surface area contributed by atoms with Gasteiger partial charge >= 0.3 is 0 Å². The van der Waals surface area contributed by atoms with E-state index in [1.54, 1.807) is 7.11 Å². The van der Waals surface area contributed by atoms with Crippen LogP contribution in [0.4, 0.5) is 11.5 Å². The lowest BCUT2D eigenvalue weighted by molar-refractivity contribution is -0.117. The van der Waals surface area contributed by atoms with Gasteiger partial charge in [-0.2, -0.15) is 0 Å². The molecule has 5 heteroatoms. The fraction of sp³-hybridized carbons (Fsp3) is 0.500. The highest BCUT2D eigenvalue weighted by atomic mass is 16.5. The standard InChI is InChI=1S/C12H17N3O2/c1-8-5-6-9-11(13-8)14-10(12(16)15-9)4-3-7-17-2/h5-6,10H,3-4,7H2,1-2H3,(H,13,14)(H,15,16). The molecule has 0 bridgehead atoms. The zero-order valence-electron chi connectivity index (χ0n) is 10.1. The molecule has 1 atom stereocenters. The number of rotatable bonds is 4. The maximum absolute atomic E-state index is 11.8. The molecule has 92 valence electrons. The Morgan fingerprint density at radius 3 is 3.06 bits per heavy atom. The van der Waals surface area contributed by atoms with E-state index in [4.69, 9.17) is 4.74 Å². The van der Waals surface area contributed by atoms with Crippen molar-refractivity contribution in [2.24, 2.45) is 0 Å². The zero-order chi connectivity index (χ0) is 12.3. The molecule has 1 aliphatic heterocycles. The van der Waals surface area contributed by atoms with Gasteiger partial charge in [0.05, 0.1) is 5.69 Å². The zero-order valence-corrected chi connectivity index (χ0v) is 10.1. The third-order valence-corrected chi connectivity index (χ3v) is 2.76. The predicted molar refractivity (Wildman–Crippen MR) is 66.1 cm³/mol. The normalized spacial score (nSPS) is 18.2. The van der Waals surface area contributed by atoms with Crippen LogP contribution in [-0.2, 0) is 9.53 Å². The Balaban J connectivity index is 2.06. The maximum Gasteiger partial charge on any atom is 0.247 e. The molecule has 1 aromatic rings. The molecule has 2 heterocycles. The first kappa shape index (κ1) is 11.9. The molecule has 0 radical (unpaired) electrons. The van der Waals surface area contributed by atoms with Gasteiger partial charge < -0.3 is 15.4 Å². The van der Waals surface area contributed by atoms with E-state index in [1.165, 1.54) is 0 Å². The van der Waals surface area contributed by atoms with Crippen LogP contribution < -0.4 is 10.6 Å². The number of ether oxygens (including phenoxy) is 1. The van der Waals surface area contributed by atoms with Crippen LogP contribution in [-0.4, -0.2) is 30.6 Å². The molecule has 1 aromatic heterocycles. The van der Waals surface area contributed by atoms with E-state index in [1.807, 2.05) is 19.1 Å². The molecule has 0 fully saturated rings. The summed E-state index contributed by atoms with van der Waals surface area (Å²) < 4.78 is 4.98. The number of carbonyl (C=O) groups is 1. The Hall–Kier alpha value is -1.62. The monoisotopic (exact) mass is 235 g/mol. The first-order valence-corrected chi connectivity index (χ1v) is 5.74. The Kier molecular flexibility index (Phi) is 3.58. The van der Waals surface area contributed by atoms with Crippen LogP contribution in [0.15, 0.2) is 12.1 Å². The van der Waals surface area contributed by atoms with Gasteiger partial charge in [-0.25, -0.2) is 4.98 Å². The number of hydrogen-bond acceptors (Lipinski definition) is 4. The Morgan fingerprint density at radius 1 is 1.47 bits per heavy atom. The van der Waals surface area contributed by atoms with Gasteiger partial charge in [-0.05, 0) is 31.9 Å². The van der Waals surface area contributed by atoms with Crippen molar-refractivity contribution >= 4 is 17.4 Å². The smallest absolute Gasteiger partial charge is 0.247 e. The molecule has 1 aliphatic rings. The Bertz CT molecular complexity index is 420. The summed E-state index contributed by atoms with van der Waals surface area (Å²) in [4.78, 5) is 16.2. The molecular formula is C12H17N3O2. The van der Waals surface area contributed by atoms with Crippen molar-refractivity contribution in [3.8, 4) is 0 Å². The summed E-state index contributed by atoms with van der Waals surface area (Å²) >= 11 is 0. The number of nitrogens with zero attached hydrogens (tertiary/aromatic N) is 1. The van der Waals surface area contributed by atoms with Crippen molar-refractivity contribution in [2.75, 3.05) is 24.4 Å². The quantitative estimate of drug-likeness (QED) is 0.777. The summed E-state index contributed by atoms with van der Waals surface area (Å²) in [6.07, 6.45) is 1.59. The van der Waals surface area contributed by atoms with E-state index in [-0.39, 0.29) is 11.9 Å². The molecule has 0 saturated heterocycles. The lowest BCUT2D eigenvalue weighted by Gasteiger charge is -2.26. The summed E-state index contributed by atoms with van der Waals surface area (Å²) in [5.74, 6) is 0.756. The number of anilines is 2. The van der Waals surface area contributed by atoms with Gasteiger partial charge in [-0.1, -0.05) is 0 Å². The van der Waals surface area contributed by atoms with E-state index in [2.05, 4.69) is 15.6 Å². The van der Waals surface area contributed by atoms with Crippen LogP contribution in [0, 0.1) is 6.92 Å². The van der Waals surface area contributed by atoms with Crippen molar-refractivity contribution in [1.82, 2.24) is 4.98 Å². The molecule has 2 N–H and O–H groups in total. The van der Waals surface area contributed by atoms with E-state index in [0.29, 0.717) is 6.61 Å². The van der Waals surface area contributed by atoms with Crippen LogP contribution in [0.1, 0.15) is 18.5 Å². The van der Waals surface area contributed by atoms with Crippen LogP contribution in [0.25, 0.3) is 0 Å². The van der Waals surface area contributed by atoms with Crippen molar-refractivity contribution < 1.29 is 9.53 Å². The van der Waals surface area contributed by atoms with Crippen molar-refractivity contribution in [2.45, 2.75) is 25.8 Å². The SMILES string of the molecule is COCCCC1Nc2nc(C)ccc2NC1=O. The highest BCUT2D eigenvalue weighted by molar-refractivity contribution is 6.02. The lowest BCUT2D eigenvalue weighted by Crippen LogP contribution is -2.39. The topological polar surface area (TPSA) is 63.2 Å². The van der Waals surface area contributed by atoms with Gasteiger partial charge in [-0.3, -0.25) is 4.79 Å². The number of nitrogens with one attached hydrogen (secondary N) is 2. The molecule has 0 aliphatic carbocycles. The van der Waals surface area contributed by atoms with Gasteiger partial charge in [0.1, 0.15) is 6.04 Å². The summed E-state index contributed by atoms with van der Waals surface area (Å²) in [6, 6.07) is 3.53.